The zero-order valence-electron chi connectivity index (χ0n) is 15.5. The molecule has 0 aliphatic carbocycles. The minimum Gasteiger partial charge on any atom is -0.268 e. The van der Waals surface area contributed by atoms with Gasteiger partial charge in [0.1, 0.15) is 0 Å². The third-order valence-electron chi connectivity index (χ3n) is 4.31. The fourth-order valence-electron chi connectivity index (χ4n) is 2.81. The minimum atomic E-state index is -0.319. The van der Waals surface area contributed by atoms with Crippen molar-refractivity contribution in [3.8, 4) is 0 Å². The molecule has 1 aliphatic rings. The molecule has 0 atom stereocenters. The smallest absolute Gasteiger partial charge is 0.268 e. The fraction of sp³-hybridized carbons (Fsp3) is 0.0435. The van der Waals surface area contributed by atoms with Crippen LogP contribution >= 0.6 is 35.1 Å². The van der Waals surface area contributed by atoms with Crippen LogP contribution in [0.1, 0.15) is 11.1 Å². The van der Waals surface area contributed by atoms with E-state index in [9.17, 15) is 9.59 Å². The molecule has 3 nitrogen and oxygen atoms in total. The number of thioether (sulfide) groups is 1. The van der Waals surface area contributed by atoms with E-state index in [0.717, 1.165) is 22.2 Å². The van der Waals surface area contributed by atoms with Crippen molar-refractivity contribution in [1.82, 2.24) is 0 Å². The van der Waals surface area contributed by atoms with Crippen molar-refractivity contribution < 1.29 is 9.59 Å². The van der Waals surface area contributed by atoms with E-state index in [1.807, 2.05) is 24.3 Å². The van der Waals surface area contributed by atoms with Gasteiger partial charge in [-0.3, -0.25) is 9.59 Å². The number of rotatable bonds is 4. The lowest BCUT2D eigenvalue weighted by atomic mass is 10.2. The average Bonchev–Trinajstić information content (AvgIpc) is 2.99. The van der Waals surface area contributed by atoms with Crippen LogP contribution in [0, 0.1) is 6.92 Å². The van der Waals surface area contributed by atoms with Gasteiger partial charge in [0.15, 0.2) is 0 Å². The van der Waals surface area contributed by atoms with Crippen LogP contribution < -0.4 is 4.90 Å². The topological polar surface area (TPSA) is 37.4 Å². The number of carbonyl (C=O) groups excluding carboxylic acids is 2. The van der Waals surface area contributed by atoms with Crippen LogP contribution in [0.25, 0.3) is 6.08 Å². The van der Waals surface area contributed by atoms with Gasteiger partial charge in [0, 0.05) is 14.8 Å². The minimum absolute atomic E-state index is 0.310. The summed E-state index contributed by atoms with van der Waals surface area (Å²) in [6.45, 7) is 2.07. The summed E-state index contributed by atoms with van der Waals surface area (Å²) in [6, 6.07) is 23.0. The zero-order chi connectivity index (χ0) is 20.4. The number of amides is 2. The van der Waals surface area contributed by atoms with Crippen molar-refractivity contribution in [1.29, 1.82) is 0 Å². The molecule has 0 saturated carbocycles. The van der Waals surface area contributed by atoms with Gasteiger partial charge in [0.25, 0.3) is 11.1 Å². The van der Waals surface area contributed by atoms with Crippen molar-refractivity contribution >= 4 is 58.0 Å². The van der Waals surface area contributed by atoms with Crippen molar-refractivity contribution in [2.75, 3.05) is 4.90 Å². The Morgan fingerprint density at radius 1 is 0.862 bits per heavy atom. The highest BCUT2D eigenvalue weighted by Crippen LogP contribution is 2.36. The van der Waals surface area contributed by atoms with E-state index in [1.165, 1.54) is 15.4 Å². The number of aryl methyl sites for hydroxylation is 1. The molecule has 0 N–H and O–H groups in total. The summed E-state index contributed by atoms with van der Waals surface area (Å²) in [7, 11) is 0. The lowest BCUT2D eigenvalue weighted by molar-refractivity contribution is -0.113. The van der Waals surface area contributed by atoms with E-state index >= 15 is 0 Å². The van der Waals surface area contributed by atoms with Crippen molar-refractivity contribution in [3.63, 3.8) is 0 Å². The van der Waals surface area contributed by atoms with Gasteiger partial charge in [-0.2, -0.15) is 0 Å². The largest absolute Gasteiger partial charge is 0.298 e. The van der Waals surface area contributed by atoms with Gasteiger partial charge in [-0.05, 0) is 78.9 Å². The normalized spacial score (nSPS) is 15.4. The van der Waals surface area contributed by atoms with E-state index in [0.29, 0.717) is 15.6 Å². The highest BCUT2D eigenvalue weighted by atomic mass is 35.5. The van der Waals surface area contributed by atoms with Gasteiger partial charge >= 0.3 is 0 Å². The molecule has 3 aromatic rings. The standard InChI is InChI=1S/C23H16ClNO2S2/c1-15-2-10-19(11-3-15)28-20-12-4-16(5-13-20)14-21-22(26)25(23(27)29-21)18-8-6-17(24)7-9-18/h2-14H,1H3/b21-14+. The van der Waals surface area contributed by atoms with Gasteiger partial charge in [-0.1, -0.05) is 53.2 Å². The Morgan fingerprint density at radius 2 is 1.45 bits per heavy atom. The molecule has 0 unspecified atom stereocenters. The zero-order valence-corrected chi connectivity index (χ0v) is 17.9. The summed E-state index contributed by atoms with van der Waals surface area (Å²) in [5, 5.41) is 0.245. The van der Waals surface area contributed by atoms with Crippen LogP contribution in [0.3, 0.4) is 0 Å². The predicted molar refractivity (Wildman–Crippen MR) is 122 cm³/mol. The lowest BCUT2D eigenvalue weighted by Crippen LogP contribution is -2.27. The van der Waals surface area contributed by atoms with E-state index in [2.05, 4.69) is 31.2 Å². The highest BCUT2D eigenvalue weighted by molar-refractivity contribution is 8.19. The molecule has 29 heavy (non-hydrogen) atoms. The molecule has 6 heteroatoms. The number of anilines is 1. The quantitative estimate of drug-likeness (QED) is 0.410. The second-order valence-electron chi connectivity index (χ2n) is 6.48. The summed E-state index contributed by atoms with van der Waals surface area (Å²) < 4.78 is 0. The van der Waals surface area contributed by atoms with Crippen LogP contribution in [0.15, 0.2) is 87.5 Å². The molecular formula is C23H16ClNO2S2. The number of imide groups is 1. The molecule has 3 aromatic carbocycles. The molecule has 1 fully saturated rings. The summed E-state index contributed by atoms with van der Waals surface area (Å²) in [5.74, 6) is -0.319. The van der Waals surface area contributed by atoms with Crippen LogP contribution in [-0.2, 0) is 4.79 Å². The molecule has 4 rings (SSSR count). The SMILES string of the molecule is Cc1ccc(Sc2ccc(/C=C3/SC(=O)N(c4ccc(Cl)cc4)C3=O)cc2)cc1. The first-order valence-corrected chi connectivity index (χ1v) is 10.9. The first-order valence-electron chi connectivity index (χ1n) is 8.88. The average molecular weight is 438 g/mol. The Hall–Kier alpha value is -2.47. The molecule has 1 saturated heterocycles. The molecule has 0 bridgehead atoms. The Labute approximate surface area is 182 Å². The van der Waals surface area contributed by atoms with E-state index in [1.54, 1.807) is 42.1 Å². The predicted octanol–water partition coefficient (Wildman–Crippen LogP) is 7.04. The maximum atomic E-state index is 12.7. The van der Waals surface area contributed by atoms with Gasteiger partial charge in [0.05, 0.1) is 10.6 Å². The monoisotopic (exact) mass is 437 g/mol. The first kappa shape index (κ1) is 19.8. The lowest BCUT2D eigenvalue weighted by Gasteiger charge is -2.12. The number of carbonyl (C=O) groups is 2. The molecule has 1 aliphatic heterocycles. The number of hydrogen-bond acceptors (Lipinski definition) is 4. The summed E-state index contributed by atoms with van der Waals surface area (Å²) in [6.07, 6.45) is 1.75. The Morgan fingerprint density at radius 3 is 2.07 bits per heavy atom. The van der Waals surface area contributed by atoms with Crippen molar-refractivity contribution in [3.05, 3.63) is 93.9 Å². The number of hydrogen-bond donors (Lipinski definition) is 0. The van der Waals surface area contributed by atoms with Gasteiger partial charge in [-0.25, -0.2) is 4.90 Å². The summed E-state index contributed by atoms with van der Waals surface area (Å²) in [5.41, 5.74) is 2.63. The van der Waals surface area contributed by atoms with Crippen LogP contribution in [0.4, 0.5) is 10.5 Å². The van der Waals surface area contributed by atoms with Gasteiger partial charge in [0.2, 0.25) is 0 Å². The number of nitrogens with zero attached hydrogens (tertiary/aromatic N) is 1. The Bertz CT molecular complexity index is 1090. The van der Waals surface area contributed by atoms with Gasteiger partial charge < -0.3 is 0 Å². The van der Waals surface area contributed by atoms with Crippen LogP contribution in [-0.4, -0.2) is 11.1 Å². The third kappa shape index (κ3) is 4.58. The highest BCUT2D eigenvalue weighted by Gasteiger charge is 2.36. The molecular weight excluding hydrogens is 422 g/mol. The number of benzene rings is 3. The molecule has 144 valence electrons. The third-order valence-corrected chi connectivity index (χ3v) is 6.45. The first-order chi connectivity index (χ1) is 14.0. The fourth-order valence-corrected chi connectivity index (χ4v) is 4.59. The second kappa shape index (κ2) is 8.49. The summed E-state index contributed by atoms with van der Waals surface area (Å²) >= 11 is 8.52. The second-order valence-corrected chi connectivity index (χ2v) is 9.05. The molecule has 2 amide bonds. The Balaban J connectivity index is 1.50. The van der Waals surface area contributed by atoms with Crippen molar-refractivity contribution in [2.24, 2.45) is 0 Å². The number of halogens is 1. The molecule has 0 aromatic heterocycles. The van der Waals surface area contributed by atoms with Crippen LogP contribution in [0.5, 0.6) is 0 Å². The molecule has 1 heterocycles. The summed E-state index contributed by atoms with van der Waals surface area (Å²) in [4.78, 5) is 28.9. The van der Waals surface area contributed by atoms with Crippen molar-refractivity contribution in [2.45, 2.75) is 16.7 Å². The maximum absolute atomic E-state index is 12.7. The molecule has 0 radical (unpaired) electrons. The van der Waals surface area contributed by atoms with E-state index in [4.69, 9.17) is 11.6 Å². The molecule has 0 spiro atoms. The van der Waals surface area contributed by atoms with E-state index < -0.39 is 0 Å². The van der Waals surface area contributed by atoms with Crippen LogP contribution in [0.2, 0.25) is 5.02 Å². The van der Waals surface area contributed by atoms with E-state index in [-0.39, 0.29) is 11.1 Å². The maximum Gasteiger partial charge on any atom is 0.298 e. The Kier molecular flexibility index (Phi) is 5.81. The van der Waals surface area contributed by atoms with Gasteiger partial charge in [-0.15, -0.1) is 0 Å².